The lowest BCUT2D eigenvalue weighted by Crippen LogP contribution is -2.15. The molecule has 16 heavy (non-hydrogen) atoms. The average molecular weight is 228 g/mol. The summed E-state index contributed by atoms with van der Waals surface area (Å²) < 4.78 is 38.1. The van der Waals surface area contributed by atoms with Crippen LogP contribution in [0.15, 0.2) is 22.5 Å². The standard InChI is InChI=1S/C8H3F3N4O/c9-4-5(10)13-7(14-6(4)11)3-1-2-12-15-8(3)16/h1-3H. The predicted octanol–water partition coefficient (Wildman–Crippen LogP) is 1.48. The fourth-order valence-electron chi connectivity index (χ4n) is 1.10. The van der Waals surface area contributed by atoms with Gasteiger partial charge in [0.25, 0.3) is 17.8 Å². The van der Waals surface area contributed by atoms with E-state index < -0.39 is 35.4 Å². The third-order valence-electron chi connectivity index (χ3n) is 1.83. The lowest BCUT2D eigenvalue weighted by molar-refractivity contribution is -0.119. The van der Waals surface area contributed by atoms with Gasteiger partial charge in [0.1, 0.15) is 5.92 Å². The second-order valence-corrected chi connectivity index (χ2v) is 2.85. The highest BCUT2D eigenvalue weighted by Gasteiger charge is 2.26. The van der Waals surface area contributed by atoms with E-state index in [9.17, 15) is 18.0 Å². The molecule has 5 nitrogen and oxygen atoms in total. The summed E-state index contributed by atoms with van der Waals surface area (Å²) in [4.78, 5) is 17.3. The summed E-state index contributed by atoms with van der Waals surface area (Å²) in [6.07, 6.45) is 2.37. The fraction of sp³-hybridized carbons (Fsp3) is 0.125. The number of carbonyl (C=O) groups is 1. The molecule has 2 rings (SSSR count). The van der Waals surface area contributed by atoms with Gasteiger partial charge < -0.3 is 0 Å². The number of hydrogen-bond acceptors (Lipinski definition) is 4. The molecule has 0 saturated carbocycles. The van der Waals surface area contributed by atoms with E-state index in [1.807, 2.05) is 0 Å². The van der Waals surface area contributed by atoms with Crippen LogP contribution < -0.4 is 0 Å². The first-order chi connectivity index (χ1) is 7.59. The summed E-state index contributed by atoms with van der Waals surface area (Å²) in [5, 5.41) is 6.42. The van der Waals surface area contributed by atoms with Gasteiger partial charge in [-0.25, -0.2) is 9.97 Å². The van der Waals surface area contributed by atoms with Crippen molar-refractivity contribution in [1.82, 2.24) is 9.97 Å². The van der Waals surface area contributed by atoms with E-state index in [4.69, 9.17) is 0 Å². The Morgan fingerprint density at radius 2 is 1.75 bits per heavy atom. The van der Waals surface area contributed by atoms with Crippen LogP contribution in [-0.2, 0) is 4.79 Å². The summed E-state index contributed by atoms with van der Waals surface area (Å²) >= 11 is 0. The molecule has 0 aromatic carbocycles. The molecule has 0 N–H and O–H groups in total. The zero-order valence-corrected chi connectivity index (χ0v) is 7.56. The van der Waals surface area contributed by atoms with E-state index in [2.05, 4.69) is 20.2 Å². The molecule has 0 aliphatic carbocycles. The minimum absolute atomic E-state index is 0.490. The molecule has 1 unspecified atom stereocenters. The Labute approximate surface area is 86.7 Å². The quantitative estimate of drug-likeness (QED) is 0.683. The molecule has 1 aromatic heterocycles. The van der Waals surface area contributed by atoms with Gasteiger partial charge in [-0.3, -0.25) is 4.79 Å². The van der Waals surface area contributed by atoms with Crippen molar-refractivity contribution in [3.05, 3.63) is 35.8 Å². The van der Waals surface area contributed by atoms with Crippen LogP contribution in [0.1, 0.15) is 11.7 Å². The van der Waals surface area contributed by atoms with Gasteiger partial charge in [-0.2, -0.15) is 18.3 Å². The number of amides is 1. The Hall–Kier alpha value is -2.12. The second-order valence-electron chi connectivity index (χ2n) is 2.85. The second kappa shape index (κ2) is 3.80. The van der Waals surface area contributed by atoms with E-state index in [1.54, 1.807) is 0 Å². The van der Waals surface area contributed by atoms with Crippen LogP contribution in [-0.4, -0.2) is 15.9 Å². The number of azo groups is 1. The zero-order valence-electron chi connectivity index (χ0n) is 7.56. The Balaban J connectivity index is 2.45. The summed E-state index contributed by atoms with van der Waals surface area (Å²) in [6.45, 7) is 0. The summed E-state index contributed by atoms with van der Waals surface area (Å²) in [5.74, 6) is -7.47. The van der Waals surface area contributed by atoms with Crippen molar-refractivity contribution in [1.29, 1.82) is 0 Å². The number of rotatable bonds is 1. The number of halogens is 3. The van der Waals surface area contributed by atoms with Crippen molar-refractivity contribution >= 4 is 5.91 Å². The molecule has 0 spiro atoms. The Bertz CT molecular complexity index is 491. The highest BCUT2D eigenvalue weighted by Crippen LogP contribution is 2.20. The van der Waals surface area contributed by atoms with Crippen molar-refractivity contribution in [3.63, 3.8) is 0 Å². The number of carbonyl (C=O) groups excluding carboxylic acids is 1. The van der Waals surface area contributed by atoms with Crippen molar-refractivity contribution < 1.29 is 18.0 Å². The molecular formula is C8H3F3N4O. The molecule has 1 aliphatic rings. The number of aromatic nitrogens is 2. The monoisotopic (exact) mass is 228 g/mol. The Kier molecular flexibility index (Phi) is 2.47. The van der Waals surface area contributed by atoms with Crippen LogP contribution in [0, 0.1) is 17.7 Å². The molecule has 1 aromatic rings. The van der Waals surface area contributed by atoms with Crippen LogP contribution in [0.3, 0.4) is 0 Å². The smallest absolute Gasteiger partial charge is 0.270 e. The van der Waals surface area contributed by atoms with Gasteiger partial charge in [0, 0.05) is 6.20 Å². The van der Waals surface area contributed by atoms with Crippen molar-refractivity contribution in [2.24, 2.45) is 10.2 Å². The van der Waals surface area contributed by atoms with Gasteiger partial charge >= 0.3 is 0 Å². The maximum atomic E-state index is 12.8. The van der Waals surface area contributed by atoms with Crippen molar-refractivity contribution in [2.45, 2.75) is 5.92 Å². The Morgan fingerprint density at radius 1 is 1.12 bits per heavy atom. The topological polar surface area (TPSA) is 67.6 Å². The van der Waals surface area contributed by atoms with E-state index in [0.717, 1.165) is 6.20 Å². The molecule has 1 amide bonds. The first kappa shape index (κ1) is 10.4. The highest BCUT2D eigenvalue weighted by molar-refractivity contribution is 5.85. The lowest BCUT2D eigenvalue weighted by Gasteiger charge is -2.08. The maximum Gasteiger partial charge on any atom is 0.279 e. The number of hydrogen-bond donors (Lipinski definition) is 0. The van der Waals surface area contributed by atoms with Crippen LogP contribution in [0.2, 0.25) is 0 Å². The van der Waals surface area contributed by atoms with Crippen LogP contribution in [0.25, 0.3) is 0 Å². The summed E-state index contributed by atoms with van der Waals surface area (Å²) in [5.41, 5.74) is 0. The van der Waals surface area contributed by atoms with Crippen molar-refractivity contribution in [2.75, 3.05) is 0 Å². The summed E-state index contributed by atoms with van der Waals surface area (Å²) in [7, 11) is 0. The first-order valence-corrected chi connectivity index (χ1v) is 4.09. The molecule has 0 saturated heterocycles. The highest BCUT2D eigenvalue weighted by atomic mass is 19.2. The third-order valence-corrected chi connectivity index (χ3v) is 1.83. The molecule has 1 atom stereocenters. The van der Waals surface area contributed by atoms with Crippen LogP contribution >= 0.6 is 0 Å². The van der Waals surface area contributed by atoms with Gasteiger partial charge in [-0.05, 0) is 6.08 Å². The molecule has 0 fully saturated rings. The average Bonchev–Trinajstić information content (AvgIpc) is 2.26. The van der Waals surface area contributed by atoms with E-state index in [1.165, 1.54) is 6.08 Å². The van der Waals surface area contributed by atoms with Gasteiger partial charge in [0.05, 0.1) is 0 Å². The molecular weight excluding hydrogens is 225 g/mol. The minimum atomic E-state index is -1.78. The van der Waals surface area contributed by atoms with E-state index >= 15 is 0 Å². The van der Waals surface area contributed by atoms with Gasteiger partial charge in [0.15, 0.2) is 5.82 Å². The molecule has 2 heterocycles. The lowest BCUT2D eigenvalue weighted by atomic mass is 10.1. The molecule has 1 aliphatic heterocycles. The fourth-order valence-corrected chi connectivity index (χ4v) is 1.10. The number of nitrogens with zero attached hydrogens (tertiary/aromatic N) is 4. The van der Waals surface area contributed by atoms with Crippen LogP contribution in [0.4, 0.5) is 13.2 Å². The molecule has 82 valence electrons. The zero-order chi connectivity index (χ0) is 11.7. The summed E-state index contributed by atoms with van der Waals surface area (Å²) in [6, 6.07) is 0. The SMILES string of the molecule is O=C1N=NC=CC1c1nc(F)c(F)c(F)n1. The van der Waals surface area contributed by atoms with E-state index in [0.29, 0.717) is 0 Å². The molecule has 0 bridgehead atoms. The van der Waals surface area contributed by atoms with Gasteiger partial charge in [-0.15, -0.1) is 5.11 Å². The largest absolute Gasteiger partial charge is 0.279 e. The maximum absolute atomic E-state index is 12.8. The normalized spacial score (nSPS) is 19.2. The van der Waals surface area contributed by atoms with Crippen LogP contribution in [0.5, 0.6) is 0 Å². The predicted molar refractivity (Wildman–Crippen MR) is 43.6 cm³/mol. The van der Waals surface area contributed by atoms with Crippen molar-refractivity contribution in [3.8, 4) is 0 Å². The van der Waals surface area contributed by atoms with E-state index in [-0.39, 0.29) is 0 Å². The molecule has 8 heteroatoms. The van der Waals surface area contributed by atoms with Gasteiger partial charge in [-0.1, -0.05) is 0 Å². The van der Waals surface area contributed by atoms with Gasteiger partial charge in [0.2, 0.25) is 5.82 Å². The minimum Gasteiger partial charge on any atom is -0.270 e. The Morgan fingerprint density at radius 3 is 2.31 bits per heavy atom. The third kappa shape index (κ3) is 1.69. The first-order valence-electron chi connectivity index (χ1n) is 4.09. The molecule has 0 radical (unpaired) electrons.